The van der Waals surface area contributed by atoms with Gasteiger partial charge in [-0.05, 0) is 31.0 Å². The van der Waals surface area contributed by atoms with E-state index in [2.05, 4.69) is 33.7 Å². The van der Waals surface area contributed by atoms with Crippen molar-refractivity contribution in [3.8, 4) is 22.8 Å². The van der Waals surface area contributed by atoms with Gasteiger partial charge in [-0.3, -0.25) is 0 Å². The number of nitrogens with zero attached hydrogens (tertiary/aromatic N) is 5. The smallest absolute Gasteiger partial charge is 0.224 e. The van der Waals surface area contributed by atoms with Crippen LogP contribution in [0.15, 0.2) is 24.4 Å². The summed E-state index contributed by atoms with van der Waals surface area (Å²) < 4.78 is 10.7. The van der Waals surface area contributed by atoms with Crippen molar-refractivity contribution in [2.24, 2.45) is 0 Å². The molecule has 0 spiro atoms. The van der Waals surface area contributed by atoms with Crippen molar-refractivity contribution in [2.75, 3.05) is 37.9 Å². The van der Waals surface area contributed by atoms with Crippen LogP contribution in [0.4, 0.5) is 11.8 Å². The van der Waals surface area contributed by atoms with Gasteiger partial charge in [-0.2, -0.15) is 9.97 Å². The van der Waals surface area contributed by atoms with Gasteiger partial charge in [-0.1, -0.05) is 13.8 Å². The first-order valence-electron chi connectivity index (χ1n) is 9.38. The lowest BCUT2D eigenvalue weighted by Gasteiger charge is -2.23. The Morgan fingerprint density at radius 1 is 0.964 bits per heavy atom. The first kappa shape index (κ1) is 19.6. The van der Waals surface area contributed by atoms with Crippen LogP contribution in [-0.2, 0) is 0 Å². The molecule has 0 saturated heterocycles. The molecule has 0 unspecified atom stereocenters. The van der Waals surface area contributed by atoms with Crippen molar-refractivity contribution in [1.29, 1.82) is 0 Å². The molecule has 0 aliphatic heterocycles. The summed E-state index contributed by atoms with van der Waals surface area (Å²) in [4.78, 5) is 20.2. The summed E-state index contributed by atoms with van der Waals surface area (Å²) in [6.45, 7) is 6.00. The molecule has 8 heteroatoms. The van der Waals surface area contributed by atoms with Crippen LogP contribution in [0.1, 0.15) is 26.7 Å². The molecule has 8 nitrogen and oxygen atoms in total. The predicted octanol–water partition coefficient (Wildman–Crippen LogP) is 3.31. The second-order valence-corrected chi connectivity index (χ2v) is 6.39. The van der Waals surface area contributed by atoms with E-state index in [9.17, 15) is 0 Å². The second-order valence-electron chi connectivity index (χ2n) is 6.39. The van der Waals surface area contributed by atoms with Crippen LogP contribution < -0.4 is 20.1 Å². The molecule has 0 aliphatic carbocycles. The van der Waals surface area contributed by atoms with Crippen molar-refractivity contribution in [3.63, 3.8) is 0 Å². The number of nitrogen functional groups attached to an aromatic ring is 1. The molecule has 3 rings (SSSR count). The third-order valence-electron chi connectivity index (χ3n) is 4.37. The number of methoxy groups -OCH3 is 2. The number of hydrogen-bond donors (Lipinski definition) is 1. The Hall–Kier alpha value is -3.16. The molecule has 2 heterocycles. The lowest BCUT2D eigenvalue weighted by Crippen LogP contribution is -2.27. The standard InChI is InChI=1S/C20H26N6O2/c1-5-9-26(10-6-2)19-17-18(24-20(21)25-19)22-12-14(23-17)13-7-8-15(27-3)16(11-13)28-4/h7-8,11-12H,5-6,9-10H2,1-4H3,(H2,21,22,24,25). The van der Waals surface area contributed by atoms with Gasteiger partial charge in [0.15, 0.2) is 28.5 Å². The third-order valence-corrected chi connectivity index (χ3v) is 4.37. The summed E-state index contributed by atoms with van der Waals surface area (Å²) in [6, 6.07) is 5.65. The summed E-state index contributed by atoms with van der Waals surface area (Å²) in [6.07, 6.45) is 3.67. The molecule has 1 aromatic carbocycles. The molecule has 0 aliphatic rings. The Labute approximate surface area is 164 Å². The molecule has 0 radical (unpaired) electrons. The Bertz CT molecular complexity index is 957. The fraction of sp³-hybridized carbons (Fsp3) is 0.400. The van der Waals surface area contributed by atoms with Crippen LogP contribution in [-0.4, -0.2) is 47.2 Å². The molecule has 3 aromatic rings. The van der Waals surface area contributed by atoms with Gasteiger partial charge in [0.1, 0.15) is 0 Å². The number of fused-ring (bicyclic) bond motifs is 1. The third kappa shape index (κ3) is 3.90. The van der Waals surface area contributed by atoms with Crippen molar-refractivity contribution in [2.45, 2.75) is 26.7 Å². The highest BCUT2D eigenvalue weighted by atomic mass is 16.5. The van der Waals surface area contributed by atoms with Gasteiger partial charge >= 0.3 is 0 Å². The fourth-order valence-corrected chi connectivity index (χ4v) is 3.13. The van der Waals surface area contributed by atoms with Crippen LogP contribution in [0.3, 0.4) is 0 Å². The van der Waals surface area contributed by atoms with E-state index in [0.717, 1.165) is 37.3 Å². The topological polar surface area (TPSA) is 99.3 Å². The monoisotopic (exact) mass is 382 g/mol. The Kier molecular flexibility index (Phi) is 6.08. The molecule has 28 heavy (non-hydrogen) atoms. The molecule has 2 aromatic heterocycles. The molecule has 0 atom stereocenters. The first-order valence-corrected chi connectivity index (χ1v) is 9.38. The van der Waals surface area contributed by atoms with E-state index in [1.165, 1.54) is 0 Å². The zero-order valence-electron chi connectivity index (χ0n) is 16.8. The van der Waals surface area contributed by atoms with E-state index in [1.54, 1.807) is 20.4 Å². The minimum atomic E-state index is 0.202. The Morgan fingerprint density at radius 3 is 2.32 bits per heavy atom. The molecule has 148 valence electrons. The zero-order chi connectivity index (χ0) is 20.1. The number of nitrogens with two attached hydrogens (primary N) is 1. The SMILES string of the molecule is CCCN(CCC)c1nc(N)nc2ncc(-c3ccc(OC)c(OC)c3)nc12. The van der Waals surface area contributed by atoms with E-state index in [1.807, 2.05) is 18.2 Å². The summed E-state index contributed by atoms with van der Waals surface area (Å²) in [5.41, 5.74) is 8.63. The maximum absolute atomic E-state index is 5.93. The predicted molar refractivity (Wildman–Crippen MR) is 111 cm³/mol. The lowest BCUT2D eigenvalue weighted by molar-refractivity contribution is 0.355. The van der Waals surface area contributed by atoms with E-state index < -0.39 is 0 Å². The van der Waals surface area contributed by atoms with Crippen LogP contribution >= 0.6 is 0 Å². The van der Waals surface area contributed by atoms with Crippen molar-refractivity contribution in [3.05, 3.63) is 24.4 Å². The molecule has 0 bridgehead atoms. The molecular weight excluding hydrogens is 356 g/mol. The molecule has 0 fully saturated rings. The lowest BCUT2D eigenvalue weighted by atomic mass is 10.1. The normalized spacial score (nSPS) is 10.9. The van der Waals surface area contributed by atoms with Crippen LogP contribution in [0.5, 0.6) is 11.5 Å². The number of benzene rings is 1. The average molecular weight is 382 g/mol. The minimum absolute atomic E-state index is 0.202. The number of hydrogen-bond acceptors (Lipinski definition) is 8. The highest BCUT2D eigenvalue weighted by Gasteiger charge is 2.17. The average Bonchev–Trinajstić information content (AvgIpc) is 2.72. The number of aromatic nitrogens is 4. The maximum atomic E-state index is 5.93. The van der Waals surface area contributed by atoms with Crippen molar-refractivity contribution >= 4 is 22.9 Å². The number of ether oxygens (including phenoxy) is 2. The summed E-state index contributed by atoms with van der Waals surface area (Å²) in [5, 5.41) is 0. The van der Waals surface area contributed by atoms with Gasteiger partial charge in [0.25, 0.3) is 0 Å². The van der Waals surface area contributed by atoms with Crippen LogP contribution in [0.25, 0.3) is 22.4 Å². The van der Waals surface area contributed by atoms with Gasteiger partial charge in [-0.15, -0.1) is 0 Å². The first-order chi connectivity index (χ1) is 13.6. The van der Waals surface area contributed by atoms with E-state index in [4.69, 9.17) is 20.2 Å². The largest absolute Gasteiger partial charge is 0.493 e. The van der Waals surface area contributed by atoms with Gasteiger partial charge in [0, 0.05) is 18.7 Å². The quantitative estimate of drug-likeness (QED) is 0.633. The van der Waals surface area contributed by atoms with Gasteiger partial charge in [0.2, 0.25) is 5.95 Å². The van der Waals surface area contributed by atoms with Crippen molar-refractivity contribution in [1.82, 2.24) is 19.9 Å². The summed E-state index contributed by atoms with van der Waals surface area (Å²) in [7, 11) is 3.22. The highest BCUT2D eigenvalue weighted by molar-refractivity contribution is 5.85. The van der Waals surface area contributed by atoms with Crippen molar-refractivity contribution < 1.29 is 9.47 Å². The summed E-state index contributed by atoms with van der Waals surface area (Å²) >= 11 is 0. The van der Waals surface area contributed by atoms with E-state index in [0.29, 0.717) is 28.4 Å². The molecule has 2 N–H and O–H groups in total. The van der Waals surface area contributed by atoms with E-state index >= 15 is 0 Å². The Morgan fingerprint density at radius 2 is 1.68 bits per heavy atom. The minimum Gasteiger partial charge on any atom is -0.493 e. The Balaban J connectivity index is 2.14. The zero-order valence-corrected chi connectivity index (χ0v) is 16.8. The van der Waals surface area contributed by atoms with Gasteiger partial charge in [0.05, 0.1) is 26.1 Å². The van der Waals surface area contributed by atoms with E-state index in [-0.39, 0.29) is 5.95 Å². The van der Waals surface area contributed by atoms with Gasteiger partial charge < -0.3 is 20.1 Å². The maximum Gasteiger partial charge on any atom is 0.224 e. The number of anilines is 2. The van der Waals surface area contributed by atoms with Gasteiger partial charge in [-0.25, -0.2) is 9.97 Å². The van der Waals surface area contributed by atoms with Crippen LogP contribution in [0.2, 0.25) is 0 Å². The fourth-order valence-electron chi connectivity index (χ4n) is 3.13. The number of rotatable bonds is 8. The second kappa shape index (κ2) is 8.69. The van der Waals surface area contributed by atoms with Crippen LogP contribution in [0, 0.1) is 0 Å². The summed E-state index contributed by atoms with van der Waals surface area (Å²) in [5.74, 6) is 2.22. The molecule has 0 saturated carbocycles. The molecular formula is C20H26N6O2. The molecule has 0 amide bonds. The highest BCUT2D eigenvalue weighted by Crippen LogP contribution is 2.32.